The van der Waals surface area contributed by atoms with Gasteiger partial charge in [0.1, 0.15) is 0 Å². The van der Waals surface area contributed by atoms with E-state index in [2.05, 4.69) is 10.5 Å². The molecule has 1 fully saturated rings. The molecule has 0 atom stereocenters. The van der Waals surface area contributed by atoms with Gasteiger partial charge in [0.05, 0.1) is 5.71 Å². The van der Waals surface area contributed by atoms with Crippen molar-refractivity contribution in [2.45, 2.75) is 25.7 Å². The maximum Gasteiger partial charge on any atom is 0.190 e. The fourth-order valence-electron chi connectivity index (χ4n) is 2.19. The molecule has 15 heavy (non-hydrogen) atoms. The van der Waals surface area contributed by atoms with Gasteiger partial charge in [-0.05, 0) is 31.6 Å². The van der Waals surface area contributed by atoms with Crippen LogP contribution in [0, 0.1) is 5.92 Å². The predicted octanol–water partition coefficient (Wildman–Crippen LogP) is 2.35. The van der Waals surface area contributed by atoms with Crippen molar-refractivity contribution < 1.29 is 9.60 Å². The molecule has 0 spiro atoms. The van der Waals surface area contributed by atoms with Gasteiger partial charge in [-0.25, -0.2) is 0 Å². The molecule has 1 saturated carbocycles. The minimum absolute atomic E-state index is 0.188. The lowest BCUT2D eigenvalue weighted by molar-refractivity contribution is 0.312. The van der Waals surface area contributed by atoms with Crippen molar-refractivity contribution in [1.29, 1.82) is 0 Å². The van der Waals surface area contributed by atoms with Crippen LogP contribution in [-0.4, -0.2) is 17.5 Å². The number of allylic oxidation sites excluding steroid dienone is 2. The Balaban J connectivity index is 2.04. The van der Waals surface area contributed by atoms with Crippen LogP contribution in [-0.2, 0) is 0 Å². The first-order chi connectivity index (χ1) is 7.31. The Hall–Kier alpha value is -1.32. The Labute approximate surface area is 88.4 Å². The summed E-state index contributed by atoms with van der Waals surface area (Å²) in [5.41, 5.74) is 1.61. The summed E-state index contributed by atoms with van der Waals surface area (Å²) in [5, 5.41) is 14.5. The molecule has 0 saturated heterocycles. The topological polar surface area (TPSA) is 44.6 Å². The lowest BCUT2D eigenvalue weighted by Gasteiger charge is -2.25. The molecule has 0 aromatic rings. The molecule has 2 N–H and O–H groups in total. The van der Waals surface area contributed by atoms with E-state index < -0.39 is 0 Å². The third kappa shape index (κ3) is 2.19. The summed E-state index contributed by atoms with van der Waals surface area (Å²) >= 11 is 0. The van der Waals surface area contributed by atoms with E-state index in [9.17, 15) is 4.39 Å². The second kappa shape index (κ2) is 4.47. The molecule has 0 amide bonds. The summed E-state index contributed by atoms with van der Waals surface area (Å²) in [6.07, 6.45) is 7.09. The van der Waals surface area contributed by atoms with Crippen LogP contribution in [0.5, 0.6) is 0 Å². The fraction of sp³-hybridized carbons (Fsp3) is 0.545. The zero-order valence-electron chi connectivity index (χ0n) is 8.54. The van der Waals surface area contributed by atoms with Gasteiger partial charge in [-0.2, -0.15) is 4.39 Å². The molecule has 2 rings (SSSR count). The van der Waals surface area contributed by atoms with Crippen molar-refractivity contribution in [2.75, 3.05) is 6.54 Å². The Morgan fingerprint density at radius 1 is 1.40 bits per heavy atom. The van der Waals surface area contributed by atoms with Crippen LogP contribution < -0.4 is 5.32 Å². The van der Waals surface area contributed by atoms with Crippen molar-refractivity contribution in [3.05, 3.63) is 23.7 Å². The number of nitrogens with zero attached hydrogens (tertiary/aromatic N) is 1. The van der Waals surface area contributed by atoms with E-state index in [1.165, 1.54) is 0 Å². The highest BCUT2D eigenvalue weighted by atomic mass is 19.1. The fourth-order valence-corrected chi connectivity index (χ4v) is 2.19. The van der Waals surface area contributed by atoms with E-state index in [4.69, 9.17) is 5.21 Å². The van der Waals surface area contributed by atoms with Crippen LogP contribution in [0.15, 0.2) is 28.8 Å². The van der Waals surface area contributed by atoms with E-state index in [1.54, 1.807) is 0 Å². The molecule has 0 aromatic carbocycles. The number of dihydropyridines is 1. The van der Waals surface area contributed by atoms with Gasteiger partial charge in [-0.3, -0.25) is 0 Å². The first kappa shape index (κ1) is 10.2. The molecule has 3 nitrogen and oxygen atoms in total. The molecule has 82 valence electrons. The highest BCUT2D eigenvalue weighted by molar-refractivity contribution is 5.84. The number of nitrogens with one attached hydrogen (secondary N) is 1. The zero-order valence-corrected chi connectivity index (χ0v) is 8.54. The van der Waals surface area contributed by atoms with E-state index in [1.807, 2.05) is 12.2 Å². The molecule has 0 radical (unpaired) electrons. The van der Waals surface area contributed by atoms with Gasteiger partial charge >= 0.3 is 0 Å². The number of rotatable bonds is 1. The SMILES string of the molecule is ON=C1CCC(C2=C(F)NCC=C2)CC1. The molecule has 4 heteroatoms. The highest BCUT2D eigenvalue weighted by Gasteiger charge is 2.23. The second-order valence-electron chi connectivity index (χ2n) is 3.99. The van der Waals surface area contributed by atoms with Crippen LogP contribution in [0.3, 0.4) is 0 Å². The van der Waals surface area contributed by atoms with E-state index in [0.29, 0.717) is 6.54 Å². The molecule has 1 aliphatic carbocycles. The van der Waals surface area contributed by atoms with Crippen molar-refractivity contribution in [1.82, 2.24) is 5.32 Å². The number of halogens is 1. The van der Waals surface area contributed by atoms with Crippen LogP contribution in [0.2, 0.25) is 0 Å². The van der Waals surface area contributed by atoms with Crippen LogP contribution in [0.1, 0.15) is 25.7 Å². The molecule has 2 aliphatic rings. The average molecular weight is 210 g/mol. The molecule has 1 heterocycles. The lowest BCUT2D eigenvalue weighted by atomic mass is 9.82. The molecule has 0 bridgehead atoms. The van der Waals surface area contributed by atoms with Gasteiger partial charge in [-0.15, -0.1) is 0 Å². The number of hydrogen-bond donors (Lipinski definition) is 2. The summed E-state index contributed by atoms with van der Waals surface area (Å²) in [6, 6.07) is 0. The van der Waals surface area contributed by atoms with Gasteiger partial charge in [0.25, 0.3) is 0 Å². The third-order valence-corrected chi connectivity index (χ3v) is 3.07. The highest BCUT2D eigenvalue weighted by Crippen LogP contribution is 2.31. The van der Waals surface area contributed by atoms with E-state index >= 15 is 0 Å². The second-order valence-corrected chi connectivity index (χ2v) is 3.99. The summed E-state index contributed by atoms with van der Waals surface area (Å²) < 4.78 is 13.4. The summed E-state index contributed by atoms with van der Waals surface area (Å²) in [7, 11) is 0. The van der Waals surface area contributed by atoms with Crippen LogP contribution >= 0.6 is 0 Å². The average Bonchev–Trinajstić information content (AvgIpc) is 2.30. The Morgan fingerprint density at radius 2 is 2.13 bits per heavy atom. The lowest BCUT2D eigenvalue weighted by Crippen LogP contribution is -2.22. The van der Waals surface area contributed by atoms with Gasteiger partial charge in [-0.1, -0.05) is 17.3 Å². The first-order valence-electron chi connectivity index (χ1n) is 5.31. The Bertz CT molecular complexity index is 323. The molecule has 0 aromatic heterocycles. The summed E-state index contributed by atoms with van der Waals surface area (Å²) in [5.74, 6) is 0.0754. The number of hydrogen-bond acceptors (Lipinski definition) is 3. The quantitative estimate of drug-likeness (QED) is 0.396. The van der Waals surface area contributed by atoms with Crippen molar-refractivity contribution >= 4 is 5.71 Å². The maximum absolute atomic E-state index is 13.4. The third-order valence-electron chi connectivity index (χ3n) is 3.07. The van der Waals surface area contributed by atoms with Crippen LogP contribution in [0.25, 0.3) is 0 Å². The largest absolute Gasteiger partial charge is 0.411 e. The van der Waals surface area contributed by atoms with E-state index in [-0.39, 0.29) is 11.9 Å². The summed E-state index contributed by atoms with van der Waals surface area (Å²) in [4.78, 5) is 0. The predicted molar refractivity (Wildman–Crippen MR) is 56.5 cm³/mol. The molecule has 1 aliphatic heterocycles. The Kier molecular flexibility index (Phi) is 3.04. The molecular formula is C11H15FN2O. The Morgan fingerprint density at radius 3 is 2.73 bits per heavy atom. The number of oxime groups is 1. The minimum Gasteiger partial charge on any atom is -0.411 e. The van der Waals surface area contributed by atoms with Crippen LogP contribution in [0.4, 0.5) is 4.39 Å². The van der Waals surface area contributed by atoms with Crippen molar-refractivity contribution in [3.63, 3.8) is 0 Å². The first-order valence-corrected chi connectivity index (χ1v) is 5.31. The van der Waals surface area contributed by atoms with Crippen molar-refractivity contribution in [2.24, 2.45) is 11.1 Å². The summed E-state index contributed by atoms with van der Waals surface area (Å²) in [6.45, 7) is 0.575. The monoisotopic (exact) mass is 210 g/mol. The smallest absolute Gasteiger partial charge is 0.190 e. The molecule has 0 unspecified atom stereocenters. The normalized spacial score (nSPS) is 26.5. The van der Waals surface area contributed by atoms with E-state index in [0.717, 1.165) is 37.0 Å². The maximum atomic E-state index is 13.4. The molecular weight excluding hydrogens is 195 g/mol. The van der Waals surface area contributed by atoms with Gasteiger partial charge < -0.3 is 10.5 Å². The van der Waals surface area contributed by atoms with Gasteiger partial charge in [0.2, 0.25) is 0 Å². The van der Waals surface area contributed by atoms with Gasteiger partial charge in [0.15, 0.2) is 5.95 Å². The van der Waals surface area contributed by atoms with Gasteiger partial charge in [0, 0.05) is 12.1 Å². The zero-order chi connectivity index (χ0) is 10.7. The standard InChI is InChI=1S/C11H15FN2O/c12-11-10(2-1-7-13-11)8-3-5-9(14-15)6-4-8/h1-2,8,13,15H,3-7H2. The minimum atomic E-state index is -0.188. The van der Waals surface area contributed by atoms with Crippen molar-refractivity contribution in [3.8, 4) is 0 Å².